The van der Waals surface area contributed by atoms with Crippen LogP contribution in [0, 0.1) is 24.2 Å². The fraction of sp³-hybridized carbons (Fsp3) is 0.364. The number of carbonyl (C=O) groups is 1. The molecule has 78 valence electrons. The first-order valence-corrected chi connectivity index (χ1v) is 4.80. The fourth-order valence-electron chi connectivity index (χ4n) is 1.09. The van der Waals surface area contributed by atoms with Crippen molar-refractivity contribution < 1.29 is 4.79 Å². The Morgan fingerprint density at radius 1 is 1.67 bits per heavy atom. The minimum absolute atomic E-state index is 0.295. The van der Waals surface area contributed by atoms with E-state index in [1.54, 1.807) is 19.2 Å². The molecule has 0 saturated carbocycles. The Morgan fingerprint density at radius 2 is 2.40 bits per heavy atom. The summed E-state index contributed by atoms with van der Waals surface area (Å²) in [5.74, 6) is -0.413. The van der Waals surface area contributed by atoms with Crippen LogP contribution in [0.1, 0.15) is 18.9 Å². The van der Waals surface area contributed by atoms with E-state index in [2.05, 4.69) is 10.3 Å². The van der Waals surface area contributed by atoms with Crippen molar-refractivity contribution in [1.29, 1.82) is 5.26 Å². The molecule has 0 radical (unpaired) electrons. The van der Waals surface area contributed by atoms with E-state index < -0.39 is 5.92 Å². The quantitative estimate of drug-likeness (QED) is 0.815. The molecular weight excluding hydrogens is 190 g/mol. The molecule has 1 aromatic heterocycles. The Balaban J connectivity index is 2.67. The maximum Gasteiger partial charge on any atom is 0.242 e. The van der Waals surface area contributed by atoms with Gasteiger partial charge >= 0.3 is 0 Å². The van der Waals surface area contributed by atoms with E-state index in [1.165, 1.54) is 0 Å². The summed E-state index contributed by atoms with van der Waals surface area (Å²) in [4.78, 5) is 15.5. The first-order chi connectivity index (χ1) is 7.17. The highest BCUT2D eigenvalue weighted by atomic mass is 16.1. The molecule has 1 atom stereocenters. The standard InChI is InChI=1S/C11H13N3O/c1-3-9(6-12)11(15)14-10-5-4-8(2)7-13-10/h4-5,7,9H,3H2,1-2H3,(H,13,14,15). The molecule has 0 aliphatic rings. The van der Waals surface area contributed by atoms with E-state index in [4.69, 9.17) is 5.26 Å². The maximum absolute atomic E-state index is 11.5. The summed E-state index contributed by atoms with van der Waals surface area (Å²) in [5.41, 5.74) is 1.03. The van der Waals surface area contributed by atoms with Crippen LogP contribution in [0.4, 0.5) is 5.82 Å². The molecule has 0 aromatic carbocycles. The van der Waals surface area contributed by atoms with Gasteiger partial charge in [0.05, 0.1) is 6.07 Å². The highest BCUT2D eigenvalue weighted by molar-refractivity contribution is 5.93. The molecule has 0 aliphatic heterocycles. The third kappa shape index (κ3) is 3.06. The number of hydrogen-bond donors (Lipinski definition) is 1. The molecule has 4 heteroatoms. The SMILES string of the molecule is CCC(C#N)C(=O)Nc1ccc(C)cn1. The van der Waals surface area contributed by atoms with Crippen LogP contribution in [0.25, 0.3) is 0 Å². The third-order valence-electron chi connectivity index (χ3n) is 2.04. The number of anilines is 1. The van der Waals surface area contributed by atoms with Gasteiger partial charge in [0.25, 0.3) is 0 Å². The topological polar surface area (TPSA) is 65.8 Å². The van der Waals surface area contributed by atoms with Crippen molar-refractivity contribution in [3.05, 3.63) is 23.9 Å². The minimum Gasteiger partial charge on any atom is -0.310 e. The maximum atomic E-state index is 11.5. The van der Waals surface area contributed by atoms with Crippen LogP contribution in [0.2, 0.25) is 0 Å². The van der Waals surface area contributed by atoms with Gasteiger partial charge in [-0.25, -0.2) is 4.98 Å². The van der Waals surface area contributed by atoms with Crippen molar-refractivity contribution in [2.24, 2.45) is 5.92 Å². The van der Waals surface area contributed by atoms with Crippen molar-refractivity contribution >= 4 is 11.7 Å². The molecule has 1 rings (SSSR count). The van der Waals surface area contributed by atoms with Gasteiger partial charge in [-0.05, 0) is 25.0 Å². The molecule has 1 heterocycles. The van der Waals surface area contributed by atoms with Gasteiger partial charge in [-0.3, -0.25) is 4.79 Å². The second-order valence-electron chi connectivity index (χ2n) is 3.30. The predicted octanol–water partition coefficient (Wildman–Crippen LogP) is 1.88. The van der Waals surface area contributed by atoms with Gasteiger partial charge in [0.1, 0.15) is 11.7 Å². The lowest BCUT2D eigenvalue weighted by molar-refractivity contribution is -0.118. The second kappa shape index (κ2) is 5.11. The molecule has 4 nitrogen and oxygen atoms in total. The third-order valence-corrected chi connectivity index (χ3v) is 2.04. The number of hydrogen-bond acceptors (Lipinski definition) is 3. The summed E-state index contributed by atoms with van der Waals surface area (Å²) in [6.45, 7) is 3.72. The zero-order chi connectivity index (χ0) is 11.3. The van der Waals surface area contributed by atoms with Crippen molar-refractivity contribution in [2.75, 3.05) is 5.32 Å². The number of amides is 1. The van der Waals surface area contributed by atoms with E-state index in [9.17, 15) is 4.79 Å². The number of rotatable bonds is 3. The Hall–Kier alpha value is -1.89. The number of aromatic nitrogens is 1. The summed E-state index contributed by atoms with van der Waals surface area (Å²) in [6.07, 6.45) is 2.18. The highest BCUT2D eigenvalue weighted by Gasteiger charge is 2.15. The summed E-state index contributed by atoms with van der Waals surface area (Å²) >= 11 is 0. The Bertz CT molecular complexity index is 378. The zero-order valence-corrected chi connectivity index (χ0v) is 8.82. The summed E-state index contributed by atoms with van der Waals surface area (Å²) in [6, 6.07) is 5.52. The molecule has 15 heavy (non-hydrogen) atoms. The van der Waals surface area contributed by atoms with Gasteiger partial charge in [0.2, 0.25) is 5.91 Å². The van der Waals surface area contributed by atoms with E-state index in [-0.39, 0.29) is 5.91 Å². The average molecular weight is 203 g/mol. The molecule has 1 amide bonds. The molecular formula is C11H13N3O. The molecule has 1 aromatic rings. The van der Waals surface area contributed by atoms with E-state index in [0.717, 1.165) is 5.56 Å². The minimum atomic E-state index is -0.604. The van der Waals surface area contributed by atoms with Crippen LogP contribution < -0.4 is 5.32 Å². The van der Waals surface area contributed by atoms with Crippen LogP contribution >= 0.6 is 0 Å². The number of carbonyl (C=O) groups excluding carboxylic acids is 1. The molecule has 1 N–H and O–H groups in total. The molecule has 0 spiro atoms. The summed E-state index contributed by atoms with van der Waals surface area (Å²) in [5, 5.41) is 11.3. The smallest absolute Gasteiger partial charge is 0.242 e. The number of pyridine rings is 1. The van der Waals surface area contributed by atoms with Crippen LogP contribution in [0.15, 0.2) is 18.3 Å². The van der Waals surface area contributed by atoms with Gasteiger partial charge in [-0.1, -0.05) is 13.0 Å². The number of nitrogens with zero attached hydrogens (tertiary/aromatic N) is 2. The molecule has 0 aliphatic carbocycles. The monoisotopic (exact) mass is 203 g/mol. The lowest BCUT2D eigenvalue weighted by atomic mass is 10.1. The van der Waals surface area contributed by atoms with Crippen LogP contribution in [-0.4, -0.2) is 10.9 Å². The van der Waals surface area contributed by atoms with Crippen LogP contribution in [-0.2, 0) is 4.79 Å². The van der Waals surface area contributed by atoms with Gasteiger partial charge in [0.15, 0.2) is 0 Å². The average Bonchev–Trinajstić information content (AvgIpc) is 2.23. The van der Waals surface area contributed by atoms with Crippen molar-refractivity contribution in [3.63, 3.8) is 0 Å². The first kappa shape index (κ1) is 11.2. The molecule has 1 unspecified atom stereocenters. The van der Waals surface area contributed by atoms with Gasteiger partial charge in [0, 0.05) is 6.20 Å². The first-order valence-electron chi connectivity index (χ1n) is 4.80. The van der Waals surface area contributed by atoms with E-state index in [1.807, 2.05) is 19.1 Å². The van der Waals surface area contributed by atoms with Gasteiger partial charge in [-0.15, -0.1) is 0 Å². The number of nitriles is 1. The zero-order valence-electron chi connectivity index (χ0n) is 8.82. The number of aryl methyl sites for hydroxylation is 1. The Labute approximate surface area is 88.9 Å². The van der Waals surface area contributed by atoms with E-state index >= 15 is 0 Å². The van der Waals surface area contributed by atoms with Crippen molar-refractivity contribution in [1.82, 2.24) is 4.98 Å². The lowest BCUT2D eigenvalue weighted by Crippen LogP contribution is -2.21. The van der Waals surface area contributed by atoms with Gasteiger partial charge in [-0.2, -0.15) is 5.26 Å². The fourth-order valence-corrected chi connectivity index (χ4v) is 1.09. The largest absolute Gasteiger partial charge is 0.310 e. The van der Waals surface area contributed by atoms with Crippen molar-refractivity contribution in [2.45, 2.75) is 20.3 Å². The second-order valence-corrected chi connectivity index (χ2v) is 3.30. The lowest BCUT2D eigenvalue weighted by Gasteiger charge is -2.07. The van der Waals surface area contributed by atoms with Crippen LogP contribution in [0.5, 0.6) is 0 Å². The molecule has 0 fully saturated rings. The van der Waals surface area contributed by atoms with Crippen LogP contribution in [0.3, 0.4) is 0 Å². The highest BCUT2D eigenvalue weighted by Crippen LogP contribution is 2.08. The summed E-state index contributed by atoms with van der Waals surface area (Å²) in [7, 11) is 0. The predicted molar refractivity (Wildman–Crippen MR) is 57.0 cm³/mol. The molecule has 0 saturated heterocycles. The normalized spacial score (nSPS) is 11.5. The molecule has 0 bridgehead atoms. The Morgan fingerprint density at radius 3 is 2.87 bits per heavy atom. The Kier molecular flexibility index (Phi) is 3.81. The summed E-state index contributed by atoms with van der Waals surface area (Å²) < 4.78 is 0. The van der Waals surface area contributed by atoms with Crippen molar-refractivity contribution in [3.8, 4) is 6.07 Å². The number of nitrogens with one attached hydrogen (secondary N) is 1. The van der Waals surface area contributed by atoms with Gasteiger partial charge < -0.3 is 5.32 Å². The van der Waals surface area contributed by atoms with E-state index in [0.29, 0.717) is 12.2 Å².